The molecular formula is C9H15N3O2. The molecule has 14 heavy (non-hydrogen) atoms. The lowest BCUT2D eigenvalue weighted by Crippen LogP contribution is -2.39. The first kappa shape index (κ1) is 10.7. The molecular weight excluding hydrogens is 182 g/mol. The predicted molar refractivity (Wildman–Crippen MR) is 52.6 cm³/mol. The lowest BCUT2D eigenvalue weighted by atomic mass is 9.86. The van der Waals surface area contributed by atoms with Crippen molar-refractivity contribution in [2.75, 3.05) is 11.9 Å². The Morgan fingerprint density at radius 2 is 2.50 bits per heavy atom. The van der Waals surface area contributed by atoms with E-state index >= 15 is 0 Å². The Morgan fingerprint density at radius 3 is 2.93 bits per heavy atom. The molecule has 0 aliphatic heterocycles. The number of hydrogen-bond acceptors (Lipinski definition) is 4. The summed E-state index contributed by atoms with van der Waals surface area (Å²) in [5.74, 6) is -0.106. The van der Waals surface area contributed by atoms with E-state index < -0.39 is 5.41 Å². The van der Waals surface area contributed by atoms with Crippen LogP contribution in [0.15, 0.2) is 17.0 Å². The van der Waals surface area contributed by atoms with Crippen LogP contribution in [0.25, 0.3) is 0 Å². The summed E-state index contributed by atoms with van der Waals surface area (Å²) in [6, 6.07) is 0. The van der Waals surface area contributed by atoms with Crippen molar-refractivity contribution in [3.8, 4) is 0 Å². The highest BCUT2D eigenvalue weighted by molar-refractivity contribution is 5.94. The Kier molecular flexibility index (Phi) is 3.24. The Balaban J connectivity index is 2.66. The first-order valence-corrected chi connectivity index (χ1v) is 4.53. The van der Waals surface area contributed by atoms with Crippen LogP contribution < -0.4 is 11.1 Å². The van der Waals surface area contributed by atoms with Gasteiger partial charge in [0, 0.05) is 6.54 Å². The van der Waals surface area contributed by atoms with Gasteiger partial charge in [0.1, 0.15) is 12.0 Å². The summed E-state index contributed by atoms with van der Waals surface area (Å²) in [4.78, 5) is 11.7. The predicted octanol–water partition coefficient (Wildman–Crippen LogP) is 0.988. The second kappa shape index (κ2) is 4.23. The molecule has 5 heteroatoms. The molecule has 0 fully saturated rings. The number of nitrogens with zero attached hydrogens (tertiary/aromatic N) is 1. The number of nitrogens with one attached hydrogen (secondary N) is 1. The summed E-state index contributed by atoms with van der Waals surface area (Å²) in [6.45, 7) is 4.08. The summed E-state index contributed by atoms with van der Waals surface area (Å²) in [5.41, 5.74) is 5.58. The third kappa shape index (κ3) is 2.11. The molecule has 0 aromatic carbocycles. The highest BCUT2D eigenvalue weighted by Gasteiger charge is 2.29. The number of carbonyl (C=O) groups excluding carboxylic acids is 1. The molecule has 0 aliphatic rings. The molecule has 1 aromatic heterocycles. The van der Waals surface area contributed by atoms with Crippen LogP contribution in [-0.2, 0) is 4.79 Å². The molecule has 0 radical (unpaired) electrons. The van der Waals surface area contributed by atoms with E-state index in [9.17, 15) is 4.79 Å². The molecule has 1 atom stereocenters. The zero-order valence-corrected chi connectivity index (χ0v) is 8.41. The largest absolute Gasteiger partial charge is 0.363 e. The van der Waals surface area contributed by atoms with Gasteiger partial charge in [-0.3, -0.25) is 4.79 Å². The molecule has 1 unspecified atom stereocenters. The van der Waals surface area contributed by atoms with Gasteiger partial charge in [-0.15, -0.1) is 0 Å². The Morgan fingerprint density at radius 1 is 1.79 bits per heavy atom. The SMILES string of the molecule is CCC(C)(CN)C(=O)Nc1cnoc1. The summed E-state index contributed by atoms with van der Waals surface area (Å²) in [5, 5.41) is 6.18. The zero-order valence-electron chi connectivity index (χ0n) is 8.41. The van der Waals surface area contributed by atoms with Crippen molar-refractivity contribution in [1.29, 1.82) is 0 Å². The topological polar surface area (TPSA) is 81.2 Å². The van der Waals surface area contributed by atoms with Gasteiger partial charge in [0.15, 0.2) is 0 Å². The van der Waals surface area contributed by atoms with E-state index in [0.717, 1.165) is 0 Å². The lowest BCUT2D eigenvalue weighted by Gasteiger charge is -2.24. The maximum atomic E-state index is 11.7. The molecule has 78 valence electrons. The van der Waals surface area contributed by atoms with Crippen LogP contribution in [0.3, 0.4) is 0 Å². The molecule has 0 aliphatic carbocycles. The Bertz CT molecular complexity index is 291. The fourth-order valence-corrected chi connectivity index (χ4v) is 0.946. The minimum Gasteiger partial charge on any atom is -0.363 e. The fraction of sp³-hybridized carbons (Fsp3) is 0.556. The van der Waals surface area contributed by atoms with Crippen LogP contribution in [0.5, 0.6) is 0 Å². The monoisotopic (exact) mass is 197 g/mol. The van der Waals surface area contributed by atoms with Gasteiger partial charge in [0.05, 0.1) is 11.6 Å². The Labute approximate surface area is 82.6 Å². The van der Waals surface area contributed by atoms with E-state index in [4.69, 9.17) is 5.73 Å². The highest BCUT2D eigenvalue weighted by atomic mass is 16.5. The number of amides is 1. The summed E-state index contributed by atoms with van der Waals surface area (Å²) in [7, 11) is 0. The normalized spacial score (nSPS) is 14.8. The fourth-order valence-electron chi connectivity index (χ4n) is 0.946. The van der Waals surface area contributed by atoms with Crippen LogP contribution in [0, 0.1) is 5.41 Å². The van der Waals surface area contributed by atoms with Gasteiger partial charge < -0.3 is 15.6 Å². The molecule has 0 spiro atoms. The van der Waals surface area contributed by atoms with Gasteiger partial charge in [0.2, 0.25) is 5.91 Å². The second-order valence-electron chi connectivity index (χ2n) is 3.49. The van der Waals surface area contributed by atoms with Crippen molar-refractivity contribution >= 4 is 11.6 Å². The van der Waals surface area contributed by atoms with E-state index in [1.165, 1.54) is 12.5 Å². The number of anilines is 1. The average Bonchev–Trinajstić information content (AvgIpc) is 2.69. The quantitative estimate of drug-likeness (QED) is 0.754. The molecule has 1 heterocycles. The summed E-state index contributed by atoms with van der Waals surface area (Å²) >= 11 is 0. The molecule has 5 nitrogen and oxygen atoms in total. The summed E-state index contributed by atoms with van der Waals surface area (Å²) in [6.07, 6.45) is 3.52. The van der Waals surface area contributed by atoms with Crippen LogP contribution in [-0.4, -0.2) is 17.6 Å². The minimum atomic E-state index is -0.530. The van der Waals surface area contributed by atoms with Crippen molar-refractivity contribution in [3.05, 3.63) is 12.5 Å². The van der Waals surface area contributed by atoms with Gasteiger partial charge >= 0.3 is 0 Å². The van der Waals surface area contributed by atoms with Crippen molar-refractivity contribution < 1.29 is 9.32 Å². The number of hydrogen-bond donors (Lipinski definition) is 2. The molecule has 1 amide bonds. The molecule has 0 saturated carbocycles. The van der Waals surface area contributed by atoms with E-state index in [1.54, 1.807) is 0 Å². The number of rotatable bonds is 4. The molecule has 1 rings (SSSR count). The third-order valence-electron chi connectivity index (χ3n) is 2.47. The van der Waals surface area contributed by atoms with Gasteiger partial charge in [-0.1, -0.05) is 12.1 Å². The standard InChI is InChI=1S/C9H15N3O2/c1-3-9(2,6-10)8(13)12-7-4-11-14-5-7/h4-5H,3,6,10H2,1-2H3,(H,12,13). The van der Waals surface area contributed by atoms with Crippen LogP contribution in [0.4, 0.5) is 5.69 Å². The average molecular weight is 197 g/mol. The van der Waals surface area contributed by atoms with Crippen molar-refractivity contribution in [3.63, 3.8) is 0 Å². The Hall–Kier alpha value is -1.36. The number of carbonyl (C=O) groups is 1. The molecule has 3 N–H and O–H groups in total. The van der Waals surface area contributed by atoms with Crippen molar-refractivity contribution in [1.82, 2.24) is 5.16 Å². The van der Waals surface area contributed by atoms with E-state index in [-0.39, 0.29) is 5.91 Å². The van der Waals surface area contributed by atoms with Gasteiger partial charge in [-0.05, 0) is 13.3 Å². The zero-order chi connectivity index (χ0) is 10.6. The van der Waals surface area contributed by atoms with Crippen molar-refractivity contribution in [2.45, 2.75) is 20.3 Å². The molecule has 1 aromatic rings. The van der Waals surface area contributed by atoms with Crippen LogP contribution in [0.2, 0.25) is 0 Å². The maximum absolute atomic E-state index is 11.7. The van der Waals surface area contributed by atoms with E-state index in [2.05, 4.69) is 15.0 Å². The van der Waals surface area contributed by atoms with Gasteiger partial charge in [-0.25, -0.2) is 0 Å². The van der Waals surface area contributed by atoms with Gasteiger partial charge in [-0.2, -0.15) is 0 Å². The second-order valence-corrected chi connectivity index (χ2v) is 3.49. The van der Waals surface area contributed by atoms with Crippen LogP contribution in [0.1, 0.15) is 20.3 Å². The third-order valence-corrected chi connectivity index (χ3v) is 2.47. The first-order valence-electron chi connectivity index (χ1n) is 4.53. The van der Waals surface area contributed by atoms with Gasteiger partial charge in [0.25, 0.3) is 0 Å². The first-order chi connectivity index (χ1) is 6.62. The smallest absolute Gasteiger partial charge is 0.231 e. The van der Waals surface area contributed by atoms with E-state index in [1.807, 2.05) is 13.8 Å². The number of aromatic nitrogens is 1. The maximum Gasteiger partial charge on any atom is 0.231 e. The van der Waals surface area contributed by atoms with Crippen LogP contribution >= 0.6 is 0 Å². The van der Waals surface area contributed by atoms with Crippen molar-refractivity contribution in [2.24, 2.45) is 11.1 Å². The molecule has 0 bridgehead atoms. The summed E-state index contributed by atoms with van der Waals surface area (Å²) < 4.78 is 4.60. The molecule has 0 saturated heterocycles. The minimum absolute atomic E-state index is 0.106. The van der Waals surface area contributed by atoms with E-state index in [0.29, 0.717) is 18.7 Å². The highest BCUT2D eigenvalue weighted by Crippen LogP contribution is 2.21. The lowest BCUT2D eigenvalue weighted by molar-refractivity contribution is -0.124. The number of nitrogens with two attached hydrogens (primary N) is 1.